The molecule has 0 aromatic carbocycles. The lowest BCUT2D eigenvalue weighted by molar-refractivity contribution is 0.559. The molecule has 0 aliphatic rings. The molecule has 0 aliphatic carbocycles. The van der Waals surface area contributed by atoms with Crippen LogP contribution < -0.4 is 0 Å². The first kappa shape index (κ1) is 7.96. The Morgan fingerprint density at radius 2 is 2.25 bits per heavy atom. The average Bonchev–Trinajstić information content (AvgIpc) is 1.67. The van der Waals surface area contributed by atoms with Gasteiger partial charge in [-0.15, -0.1) is 0 Å². The summed E-state index contributed by atoms with van der Waals surface area (Å²) in [6.07, 6.45) is 1.68. The Balaban J connectivity index is 3.90. The summed E-state index contributed by atoms with van der Waals surface area (Å²) >= 11 is 10.7. The molecule has 4 heteroatoms. The lowest BCUT2D eigenvalue weighted by Gasteiger charge is -2.05. The van der Waals surface area contributed by atoms with E-state index in [4.69, 9.17) is 23.2 Å². The molecule has 0 amide bonds. The largest absolute Gasteiger partial charge is 0.238 e. The van der Waals surface area contributed by atoms with E-state index in [1.807, 2.05) is 0 Å². The van der Waals surface area contributed by atoms with Crippen LogP contribution in [-0.4, -0.2) is 10.5 Å². The normalized spacial score (nSPS) is 10.4. The van der Waals surface area contributed by atoms with Crippen molar-refractivity contribution in [3.05, 3.63) is 0 Å². The van der Waals surface area contributed by atoms with Gasteiger partial charge in [-0.3, -0.25) is 0 Å². The Kier molecular flexibility index (Phi) is 3.06. The van der Waals surface area contributed by atoms with Crippen LogP contribution in [0.25, 0.3) is 0 Å². The van der Waals surface area contributed by atoms with Gasteiger partial charge in [0.2, 0.25) is 10.5 Å². The molecular weight excluding hydrogens is 149 g/mol. The lowest BCUT2D eigenvalue weighted by Crippen LogP contribution is -2.04. The number of hydrogen-bond acceptors (Lipinski definition) is 2. The number of halogens is 2. The highest BCUT2D eigenvalue weighted by Crippen LogP contribution is 2.25. The van der Waals surface area contributed by atoms with Gasteiger partial charge in [-0.25, -0.2) is 4.79 Å². The number of aliphatic imine (C=N–C) groups is 1. The molecular formula is C4H5Cl2NO. The number of isocyanates is 1. The van der Waals surface area contributed by atoms with Gasteiger partial charge in [0, 0.05) is 0 Å². The Morgan fingerprint density at radius 1 is 1.75 bits per heavy atom. The lowest BCUT2D eigenvalue weighted by atomic mass is 10.5. The van der Waals surface area contributed by atoms with Gasteiger partial charge < -0.3 is 0 Å². The second-order valence-corrected chi connectivity index (χ2v) is 2.67. The van der Waals surface area contributed by atoms with Crippen LogP contribution in [0.5, 0.6) is 0 Å². The number of rotatable bonds is 2. The van der Waals surface area contributed by atoms with Crippen LogP contribution in [0.4, 0.5) is 0 Å². The van der Waals surface area contributed by atoms with E-state index in [9.17, 15) is 4.79 Å². The Morgan fingerprint density at radius 3 is 2.38 bits per heavy atom. The van der Waals surface area contributed by atoms with Crippen molar-refractivity contribution in [2.24, 2.45) is 4.99 Å². The van der Waals surface area contributed by atoms with Gasteiger partial charge in [0.15, 0.2) is 0 Å². The summed E-state index contributed by atoms with van der Waals surface area (Å²) < 4.78 is -1.26. The Hall–Kier alpha value is -0.0400. The zero-order valence-electron chi connectivity index (χ0n) is 4.32. The highest BCUT2D eigenvalue weighted by molar-refractivity contribution is 6.48. The van der Waals surface area contributed by atoms with Crippen LogP contribution in [0.2, 0.25) is 0 Å². The van der Waals surface area contributed by atoms with E-state index in [1.165, 1.54) is 6.08 Å². The first-order valence-corrected chi connectivity index (χ1v) is 2.85. The number of alkyl halides is 2. The summed E-state index contributed by atoms with van der Waals surface area (Å²) in [5, 5.41) is 0. The maximum absolute atomic E-state index is 9.52. The van der Waals surface area contributed by atoms with Crippen molar-refractivity contribution < 1.29 is 4.79 Å². The van der Waals surface area contributed by atoms with E-state index in [-0.39, 0.29) is 0 Å². The van der Waals surface area contributed by atoms with Crippen LogP contribution in [-0.2, 0) is 4.79 Å². The van der Waals surface area contributed by atoms with E-state index in [0.717, 1.165) is 0 Å². The summed E-state index contributed by atoms with van der Waals surface area (Å²) in [4.78, 5) is 12.6. The molecule has 0 radical (unpaired) electrons. The van der Waals surface area contributed by atoms with E-state index in [2.05, 4.69) is 4.99 Å². The maximum atomic E-state index is 9.52. The summed E-state index contributed by atoms with van der Waals surface area (Å²) in [6, 6.07) is 0. The van der Waals surface area contributed by atoms with Gasteiger partial charge in [-0.05, 0) is 6.42 Å². The minimum absolute atomic E-state index is 0.408. The van der Waals surface area contributed by atoms with E-state index in [1.54, 1.807) is 6.92 Å². The number of carbonyl (C=O) groups excluding carboxylic acids is 1. The minimum Gasteiger partial charge on any atom is -0.211 e. The molecule has 0 aliphatic heterocycles. The van der Waals surface area contributed by atoms with E-state index < -0.39 is 4.46 Å². The third kappa shape index (κ3) is 3.03. The summed E-state index contributed by atoms with van der Waals surface area (Å²) in [5.41, 5.74) is 0. The fourth-order valence-corrected chi connectivity index (χ4v) is 0.215. The Labute approximate surface area is 57.5 Å². The molecule has 0 heterocycles. The number of hydrogen-bond donors (Lipinski definition) is 0. The van der Waals surface area contributed by atoms with Gasteiger partial charge in [0.25, 0.3) is 0 Å². The number of nitrogens with zero attached hydrogens (tertiary/aromatic N) is 1. The first-order valence-electron chi connectivity index (χ1n) is 2.09. The predicted molar refractivity (Wildman–Crippen MR) is 32.8 cm³/mol. The molecule has 0 atom stereocenters. The van der Waals surface area contributed by atoms with Crippen LogP contribution >= 0.6 is 23.2 Å². The molecule has 2 nitrogen and oxygen atoms in total. The molecule has 0 saturated heterocycles. The second kappa shape index (κ2) is 3.08. The molecule has 0 spiro atoms. The van der Waals surface area contributed by atoms with Crippen molar-refractivity contribution in [2.75, 3.05) is 0 Å². The molecule has 0 bridgehead atoms. The van der Waals surface area contributed by atoms with Gasteiger partial charge in [-0.2, -0.15) is 4.99 Å². The van der Waals surface area contributed by atoms with Crippen LogP contribution in [0.1, 0.15) is 13.3 Å². The van der Waals surface area contributed by atoms with Crippen molar-refractivity contribution in [2.45, 2.75) is 17.8 Å². The maximum Gasteiger partial charge on any atom is 0.238 e. The highest BCUT2D eigenvalue weighted by Gasteiger charge is 2.18. The van der Waals surface area contributed by atoms with Crippen molar-refractivity contribution in [1.29, 1.82) is 0 Å². The van der Waals surface area contributed by atoms with Gasteiger partial charge in [0.05, 0.1) is 0 Å². The van der Waals surface area contributed by atoms with E-state index in [0.29, 0.717) is 6.42 Å². The second-order valence-electron chi connectivity index (χ2n) is 1.22. The highest BCUT2D eigenvalue weighted by atomic mass is 35.5. The molecule has 0 rings (SSSR count). The minimum atomic E-state index is -1.26. The van der Waals surface area contributed by atoms with Crippen molar-refractivity contribution in [3.63, 3.8) is 0 Å². The van der Waals surface area contributed by atoms with Gasteiger partial charge in [-0.1, -0.05) is 30.1 Å². The predicted octanol–water partition coefficient (Wildman–Crippen LogP) is 1.86. The van der Waals surface area contributed by atoms with E-state index >= 15 is 0 Å². The molecule has 0 aromatic heterocycles. The van der Waals surface area contributed by atoms with Gasteiger partial charge in [0.1, 0.15) is 0 Å². The van der Waals surface area contributed by atoms with Crippen LogP contribution in [0.3, 0.4) is 0 Å². The molecule has 0 saturated carbocycles. The molecule has 46 valence electrons. The monoisotopic (exact) mass is 153 g/mol. The molecule has 0 fully saturated rings. The fourth-order valence-electron chi connectivity index (χ4n) is 0.146. The Bertz CT molecular complexity index is 117. The summed E-state index contributed by atoms with van der Waals surface area (Å²) in [6.45, 7) is 1.72. The summed E-state index contributed by atoms with van der Waals surface area (Å²) in [7, 11) is 0. The molecule has 0 aromatic rings. The quantitative estimate of drug-likeness (QED) is 0.258. The van der Waals surface area contributed by atoms with Crippen LogP contribution in [0.15, 0.2) is 4.99 Å². The third-order valence-corrected chi connectivity index (χ3v) is 1.34. The SMILES string of the molecule is CCC(Cl)(Cl)N=C=O. The van der Waals surface area contributed by atoms with Crippen molar-refractivity contribution in [1.82, 2.24) is 0 Å². The standard InChI is InChI=1S/C4H5Cl2NO/c1-2-4(5,6)7-3-8/h2H2,1H3. The zero-order valence-corrected chi connectivity index (χ0v) is 5.83. The average molecular weight is 154 g/mol. The molecule has 0 N–H and O–H groups in total. The summed E-state index contributed by atoms with van der Waals surface area (Å²) in [5.74, 6) is 0. The van der Waals surface area contributed by atoms with Gasteiger partial charge >= 0.3 is 0 Å². The topological polar surface area (TPSA) is 29.4 Å². The first-order chi connectivity index (χ1) is 3.62. The van der Waals surface area contributed by atoms with Crippen molar-refractivity contribution >= 4 is 29.3 Å². The molecule has 0 unspecified atom stereocenters. The zero-order chi connectivity index (χ0) is 6.62. The van der Waals surface area contributed by atoms with Crippen LogP contribution in [0, 0.1) is 0 Å². The smallest absolute Gasteiger partial charge is 0.211 e. The third-order valence-electron chi connectivity index (χ3n) is 0.635. The van der Waals surface area contributed by atoms with Crippen molar-refractivity contribution in [3.8, 4) is 0 Å². The fraction of sp³-hybridized carbons (Fsp3) is 0.750. The molecule has 8 heavy (non-hydrogen) atoms.